The standard InChI is InChI=1S/C14H20N4O2S2/c1-9-7-10(2)13(11(3)8-9)22(19,20)16-6-4-5-12-17-18-14(15)21-12/h7-8,16H,4-6H2,1-3H3,(H2,15,18). The maximum absolute atomic E-state index is 12.4. The molecule has 2 rings (SSSR count). The van der Waals surface area contributed by atoms with Crippen molar-refractivity contribution in [2.75, 3.05) is 12.3 Å². The fourth-order valence-electron chi connectivity index (χ4n) is 2.48. The summed E-state index contributed by atoms with van der Waals surface area (Å²) in [6.07, 6.45) is 1.31. The molecule has 1 heterocycles. The van der Waals surface area contributed by atoms with Crippen LogP contribution in [0.4, 0.5) is 5.13 Å². The van der Waals surface area contributed by atoms with Crippen LogP contribution in [0.5, 0.6) is 0 Å². The highest BCUT2D eigenvalue weighted by Crippen LogP contribution is 2.21. The summed E-state index contributed by atoms with van der Waals surface area (Å²) < 4.78 is 27.5. The largest absolute Gasteiger partial charge is 0.374 e. The van der Waals surface area contributed by atoms with Crippen molar-refractivity contribution in [2.45, 2.75) is 38.5 Å². The molecule has 0 bridgehead atoms. The maximum Gasteiger partial charge on any atom is 0.241 e. The predicted molar refractivity (Wildman–Crippen MR) is 88.5 cm³/mol. The van der Waals surface area contributed by atoms with E-state index in [2.05, 4.69) is 14.9 Å². The van der Waals surface area contributed by atoms with Crippen molar-refractivity contribution in [2.24, 2.45) is 0 Å². The van der Waals surface area contributed by atoms with Gasteiger partial charge in [-0.1, -0.05) is 29.0 Å². The fourth-order valence-corrected chi connectivity index (χ4v) is 4.65. The first-order valence-electron chi connectivity index (χ1n) is 6.95. The summed E-state index contributed by atoms with van der Waals surface area (Å²) in [6, 6.07) is 3.76. The lowest BCUT2D eigenvalue weighted by Crippen LogP contribution is -2.26. The number of aromatic nitrogens is 2. The fraction of sp³-hybridized carbons (Fsp3) is 0.429. The third-order valence-corrected chi connectivity index (χ3v) is 5.79. The van der Waals surface area contributed by atoms with Gasteiger partial charge < -0.3 is 5.73 Å². The van der Waals surface area contributed by atoms with Gasteiger partial charge in [0.2, 0.25) is 15.2 Å². The molecule has 1 aromatic heterocycles. The molecular weight excluding hydrogens is 320 g/mol. The van der Waals surface area contributed by atoms with Crippen molar-refractivity contribution in [3.63, 3.8) is 0 Å². The number of aryl methyl sites for hydroxylation is 4. The number of sulfonamides is 1. The van der Waals surface area contributed by atoms with Gasteiger partial charge in [0.25, 0.3) is 0 Å². The highest BCUT2D eigenvalue weighted by molar-refractivity contribution is 7.89. The van der Waals surface area contributed by atoms with Gasteiger partial charge in [-0.25, -0.2) is 13.1 Å². The van der Waals surface area contributed by atoms with Crippen LogP contribution in [-0.2, 0) is 16.4 Å². The molecule has 0 aliphatic rings. The van der Waals surface area contributed by atoms with E-state index in [0.717, 1.165) is 21.7 Å². The Hall–Kier alpha value is -1.51. The zero-order valence-corrected chi connectivity index (χ0v) is 14.5. The second kappa shape index (κ2) is 6.72. The van der Waals surface area contributed by atoms with Crippen molar-refractivity contribution in [3.05, 3.63) is 33.8 Å². The third-order valence-electron chi connectivity index (χ3n) is 3.22. The molecule has 1 aromatic carbocycles. The lowest BCUT2D eigenvalue weighted by molar-refractivity contribution is 0.577. The molecule has 0 radical (unpaired) electrons. The molecule has 0 spiro atoms. The van der Waals surface area contributed by atoms with E-state index >= 15 is 0 Å². The zero-order valence-electron chi connectivity index (χ0n) is 12.9. The van der Waals surface area contributed by atoms with E-state index in [1.54, 1.807) is 0 Å². The summed E-state index contributed by atoms with van der Waals surface area (Å²) in [5.41, 5.74) is 8.10. The molecule has 0 aliphatic heterocycles. The van der Waals surface area contributed by atoms with Gasteiger partial charge >= 0.3 is 0 Å². The molecule has 0 amide bonds. The number of nitrogens with zero attached hydrogens (tertiary/aromatic N) is 2. The van der Waals surface area contributed by atoms with E-state index < -0.39 is 10.0 Å². The van der Waals surface area contributed by atoms with Gasteiger partial charge in [0.15, 0.2) is 0 Å². The SMILES string of the molecule is Cc1cc(C)c(S(=O)(=O)NCCCc2nnc(N)s2)c(C)c1. The number of nitrogens with two attached hydrogens (primary N) is 1. The van der Waals surface area contributed by atoms with Crippen LogP contribution in [-0.4, -0.2) is 25.2 Å². The van der Waals surface area contributed by atoms with Gasteiger partial charge in [0, 0.05) is 13.0 Å². The predicted octanol–water partition coefficient (Wildman–Crippen LogP) is 1.96. The van der Waals surface area contributed by atoms with Crippen LogP contribution < -0.4 is 10.5 Å². The van der Waals surface area contributed by atoms with Gasteiger partial charge in [0.05, 0.1) is 4.90 Å². The topological polar surface area (TPSA) is 98.0 Å². The van der Waals surface area contributed by atoms with E-state index in [-0.39, 0.29) is 0 Å². The molecule has 6 nitrogen and oxygen atoms in total. The summed E-state index contributed by atoms with van der Waals surface area (Å²) in [7, 11) is -3.49. The molecule has 0 aliphatic carbocycles. The molecule has 0 saturated carbocycles. The Morgan fingerprint density at radius 1 is 1.18 bits per heavy atom. The Balaban J connectivity index is 2.00. The molecule has 0 atom stereocenters. The molecule has 0 saturated heterocycles. The summed E-state index contributed by atoms with van der Waals surface area (Å²) in [6.45, 7) is 5.95. The van der Waals surface area contributed by atoms with Crippen molar-refractivity contribution in [1.82, 2.24) is 14.9 Å². The van der Waals surface area contributed by atoms with Crippen LogP contribution in [0.25, 0.3) is 0 Å². The molecule has 2 aromatic rings. The average Bonchev–Trinajstić information content (AvgIpc) is 2.79. The Bertz CT molecular complexity index is 746. The summed E-state index contributed by atoms with van der Waals surface area (Å²) in [5, 5.41) is 8.89. The van der Waals surface area contributed by atoms with E-state index in [4.69, 9.17) is 5.73 Å². The van der Waals surface area contributed by atoms with Gasteiger partial charge in [-0.2, -0.15) is 0 Å². The quantitative estimate of drug-likeness (QED) is 0.783. The van der Waals surface area contributed by atoms with E-state index in [0.29, 0.717) is 29.4 Å². The second-order valence-corrected chi connectivity index (χ2v) is 8.06. The number of anilines is 1. The van der Waals surface area contributed by atoms with Crippen LogP contribution in [0.1, 0.15) is 28.1 Å². The molecule has 3 N–H and O–H groups in total. The first-order chi connectivity index (χ1) is 10.3. The smallest absolute Gasteiger partial charge is 0.241 e. The van der Waals surface area contributed by atoms with Crippen molar-refractivity contribution < 1.29 is 8.42 Å². The molecular formula is C14H20N4O2S2. The monoisotopic (exact) mass is 340 g/mol. The molecule has 8 heteroatoms. The summed E-state index contributed by atoms with van der Waals surface area (Å²) >= 11 is 1.33. The van der Waals surface area contributed by atoms with E-state index in [1.807, 2.05) is 32.9 Å². The number of hydrogen-bond donors (Lipinski definition) is 2. The highest BCUT2D eigenvalue weighted by Gasteiger charge is 2.19. The average molecular weight is 340 g/mol. The van der Waals surface area contributed by atoms with Gasteiger partial charge in [-0.05, 0) is 38.3 Å². The molecule has 0 unspecified atom stereocenters. The first-order valence-corrected chi connectivity index (χ1v) is 9.25. The lowest BCUT2D eigenvalue weighted by Gasteiger charge is -2.12. The normalized spacial score (nSPS) is 11.8. The highest BCUT2D eigenvalue weighted by atomic mass is 32.2. The Kier molecular flexibility index (Phi) is 5.15. The van der Waals surface area contributed by atoms with Crippen molar-refractivity contribution in [3.8, 4) is 0 Å². The summed E-state index contributed by atoms with van der Waals surface area (Å²) in [4.78, 5) is 0.373. The van der Waals surface area contributed by atoms with Crippen LogP contribution in [0.3, 0.4) is 0 Å². The molecule has 22 heavy (non-hydrogen) atoms. The molecule has 0 fully saturated rings. The maximum atomic E-state index is 12.4. The lowest BCUT2D eigenvalue weighted by atomic mass is 10.1. The minimum Gasteiger partial charge on any atom is -0.374 e. The van der Waals surface area contributed by atoms with E-state index in [1.165, 1.54) is 11.3 Å². The van der Waals surface area contributed by atoms with Crippen LogP contribution >= 0.6 is 11.3 Å². The van der Waals surface area contributed by atoms with Gasteiger partial charge in [0.1, 0.15) is 5.01 Å². The Morgan fingerprint density at radius 3 is 2.36 bits per heavy atom. The van der Waals surface area contributed by atoms with Crippen LogP contribution in [0.15, 0.2) is 17.0 Å². The van der Waals surface area contributed by atoms with Crippen molar-refractivity contribution in [1.29, 1.82) is 0 Å². The van der Waals surface area contributed by atoms with Crippen molar-refractivity contribution >= 4 is 26.5 Å². The Labute approximate surface area is 134 Å². The second-order valence-electron chi connectivity index (χ2n) is 5.26. The van der Waals surface area contributed by atoms with Gasteiger partial charge in [-0.3, -0.25) is 0 Å². The number of rotatable bonds is 6. The minimum absolute atomic E-state index is 0.356. The number of nitrogens with one attached hydrogen (secondary N) is 1. The minimum atomic E-state index is -3.49. The molecule has 120 valence electrons. The Morgan fingerprint density at radius 2 is 1.82 bits per heavy atom. The number of benzene rings is 1. The summed E-state index contributed by atoms with van der Waals surface area (Å²) in [5.74, 6) is 0. The first kappa shape index (κ1) is 16.9. The third kappa shape index (κ3) is 4.02. The zero-order chi connectivity index (χ0) is 16.3. The van der Waals surface area contributed by atoms with Crippen LogP contribution in [0.2, 0.25) is 0 Å². The number of hydrogen-bond acceptors (Lipinski definition) is 6. The number of nitrogen functional groups attached to an aromatic ring is 1. The van der Waals surface area contributed by atoms with Crippen LogP contribution in [0, 0.1) is 20.8 Å². The van der Waals surface area contributed by atoms with Gasteiger partial charge in [-0.15, -0.1) is 10.2 Å². The van der Waals surface area contributed by atoms with E-state index in [9.17, 15) is 8.42 Å².